The van der Waals surface area contributed by atoms with Crippen molar-refractivity contribution in [2.24, 2.45) is 11.1 Å². The number of hydrogen-bond acceptors (Lipinski definition) is 2. The Morgan fingerprint density at radius 2 is 2.12 bits per heavy atom. The third kappa shape index (κ3) is 2.64. The SMILES string of the molecule is CC1(Cn2cncc2CCN)CCCCC1. The third-order valence-corrected chi connectivity index (χ3v) is 3.81. The van der Waals surface area contributed by atoms with Crippen molar-refractivity contribution in [3.05, 3.63) is 18.2 Å². The van der Waals surface area contributed by atoms with E-state index in [-0.39, 0.29) is 0 Å². The van der Waals surface area contributed by atoms with Gasteiger partial charge in [-0.2, -0.15) is 0 Å². The van der Waals surface area contributed by atoms with Crippen LogP contribution in [0.25, 0.3) is 0 Å². The topological polar surface area (TPSA) is 43.8 Å². The van der Waals surface area contributed by atoms with Crippen LogP contribution in [0.4, 0.5) is 0 Å². The summed E-state index contributed by atoms with van der Waals surface area (Å²) in [6.45, 7) is 4.24. The highest BCUT2D eigenvalue weighted by molar-refractivity contribution is 5.00. The maximum atomic E-state index is 5.61. The molecular weight excluding hydrogens is 198 g/mol. The fraction of sp³-hybridized carbons (Fsp3) is 0.769. The lowest BCUT2D eigenvalue weighted by atomic mass is 9.75. The average molecular weight is 221 g/mol. The standard InChI is InChI=1S/C13H23N3/c1-13(6-3-2-4-7-13)10-16-11-15-9-12(16)5-8-14/h9,11H,2-8,10,14H2,1H3. The molecule has 3 heteroatoms. The predicted octanol–water partition coefficient (Wildman–Crippen LogP) is 2.35. The number of aromatic nitrogens is 2. The van der Waals surface area contributed by atoms with Gasteiger partial charge in [0.25, 0.3) is 0 Å². The van der Waals surface area contributed by atoms with Crippen molar-refractivity contribution in [1.82, 2.24) is 9.55 Å². The molecule has 3 nitrogen and oxygen atoms in total. The zero-order chi connectivity index (χ0) is 11.4. The fourth-order valence-electron chi connectivity index (χ4n) is 2.82. The second-order valence-electron chi connectivity index (χ2n) is 5.42. The third-order valence-electron chi connectivity index (χ3n) is 3.81. The van der Waals surface area contributed by atoms with E-state index in [2.05, 4.69) is 16.5 Å². The first-order valence-electron chi connectivity index (χ1n) is 6.43. The number of rotatable bonds is 4. The molecule has 0 radical (unpaired) electrons. The van der Waals surface area contributed by atoms with Gasteiger partial charge in [-0.3, -0.25) is 0 Å². The van der Waals surface area contributed by atoms with E-state index >= 15 is 0 Å². The van der Waals surface area contributed by atoms with Gasteiger partial charge in [0.15, 0.2) is 0 Å². The Balaban J connectivity index is 2.04. The maximum absolute atomic E-state index is 5.61. The Labute approximate surface area is 98.1 Å². The molecule has 1 aliphatic rings. The molecule has 2 rings (SSSR count). The van der Waals surface area contributed by atoms with Gasteiger partial charge in [-0.05, 0) is 24.8 Å². The molecule has 1 fully saturated rings. The molecule has 1 heterocycles. The van der Waals surface area contributed by atoms with E-state index in [1.807, 2.05) is 12.5 Å². The summed E-state index contributed by atoms with van der Waals surface area (Å²) in [5, 5.41) is 0. The lowest BCUT2D eigenvalue weighted by Crippen LogP contribution is -2.27. The minimum Gasteiger partial charge on any atom is -0.334 e. The molecule has 1 saturated carbocycles. The normalized spacial score (nSPS) is 19.9. The van der Waals surface area contributed by atoms with Crippen molar-refractivity contribution in [3.63, 3.8) is 0 Å². The van der Waals surface area contributed by atoms with Gasteiger partial charge >= 0.3 is 0 Å². The van der Waals surface area contributed by atoms with Gasteiger partial charge in [-0.15, -0.1) is 0 Å². The van der Waals surface area contributed by atoms with E-state index in [1.165, 1.54) is 37.8 Å². The minimum atomic E-state index is 0.475. The second kappa shape index (κ2) is 5.00. The fourth-order valence-corrected chi connectivity index (χ4v) is 2.82. The van der Waals surface area contributed by atoms with Crippen molar-refractivity contribution in [2.45, 2.75) is 52.0 Å². The van der Waals surface area contributed by atoms with E-state index in [9.17, 15) is 0 Å². The highest BCUT2D eigenvalue weighted by Gasteiger charge is 2.27. The number of hydrogen-bond donors (Lipinski definition) is 1. The van der Waals surface area contributed by atoms with Crippen LogP contribution in [-0.4, -0.2) is 16.1 Å². The zero-order valence-corrected chi connectivity index (χ0v) is 10.3. The molecule has 0 saturated heterocycles. The predicted molar refractivity (Wildman–Crippen MR) is 66.2 cm³/mol. The number of nitrogens with two attached hydrogens (primary N) is 1. The molecule has 0 unspecified atom stereocenters. The van der Waals surface area contributed by atoms with Gasteiger partial charge in [-0.25, -0.2) is 4.98 Å². The lowest BCUT2D eigenvalue weighted by molar-refractivity contribution is 0.181. The molecule has 1 aromatic rings. The Morgan fingerprint density at radius 3 is 2.81 bits per heavy atom. The van der Waals surface area contributed by atoms with Crippen LogP contribution in [0.2, 0.25) is 0 Å². The number of imidazole rings is 1. The van der Waals surface area contributed by atoms with Crippen molar-refractivity contribution < 1.29 is 0 Å². The van der Waals surface area contributed by atoms with E-state index in [4.69, 9.17) is 5.73 Å². The highest BCUT2D eigenvalue weighted by atomic mass is 15.1. The van der Waals surface area contributed by atoms with Crippen LogP contribution in [0.3, 0.4) is 0 Å². The van der Waals surface area contributed by atoms with Gasteiger partial charge in [0.05, 0.1) is 6.33 Å². The van der Waals surface area contributed by atoms with E-state index in [0.717, 1.165) is 13.0 Å². The first kappa shape index (κ1) is 11.6. The summed E-state index contributed by atoms with van der Waals surface area (Å²) in [7, 11) is 0. The van der Waals surface area contributed by atoms with Crippen LogP contribution >= 0.6 is 0 Å². The van der Waals surface area contributed by atoms with Gasteiger partial charge in [0.1, 0.15) is 0 Å². The van der Waals surface area contributed by atoms with E-state index < -0.39 is 0 Å². The molecule has 0 aliphatic heterocycles. The molecule has 16 heavy (non-hydrogen) atoms. The van der Waals surface area contributed by atoms with Crippen LogP contribution in [-0.2, 0) is 13.0 Å². The summed E-state index contributed by atoms with van der Waals surface area (Å²) < 4.78 is 2.30. The molecule has 0 atom stereocenters. The summed E-state index contributed by atoms with van der Waals surface area (Å²) in [5.41, 5.74) is 7.37. The largest absolute Gasteiger partial charge is 0.334 e. The van der Waals surface area contributed by atoms with Gasteiger partial charge in [0, 0.05) is 24.9 Å². The van der Waals surface area contributed by atoms with Crippen molar-refractivity contribution in [3.8, 4) is 0 Å². The van der Waals surface area contributed by atoms with Crippen LogP contribution < -0.4 is 5.73 Å². The Hall–Kier alpha value is -0.830. The molecule has 0 spiro atoms. The second-order valence-corrected chi connectivity index (χ2v) is 5.42. The van der Waals surface area contributed by atoms with Crippen molar-refractivity contribution in [2.75, 3.05) is 6.54 Å². The first-order valence-corrected chi connectivity index (χ1v) is 6.43. The Kier molecular flexibility index (Phi) is 3.64. The first-order chi connectivity index (χ1) is 7.73. The lowest BCUT2D eigenvalue weighted by Gasteiger charge is -2.34. The number of nitrogens with zero attached hydrogens (tertiary/aromatic N) is 2. The molecule has 0 bridgehead atoms. The average Bonchev–Trinajstić information content (AvgIpc) is 2.67. The summed E-state index contributed by atoms with van der Waals surface area (Å²) in [5.74, 6) is 0. The zero-order valence-electron chi connectivity index (χ0n) is 10.3. The molecule has 0 aromatic carbocycles. The van der Waals surface area contributed by atoms with Crippen LogP contribution in [0, 0.1) is 5.41 Å². The van der Waals surface area contributed by atoms with Gasteiger partial charge in [-0.1, -0.05) is 26.2 Å². The van der Waals surface area contributed by atoms with E-state index in [0.29, 0.717) is 12.0 Å². The van der Waals surface area contributed by atoms with Crippen molar-refractivity contribution >= 4 is 0 Å². The molecular formula is C13H23N3. The maximum Gasteiger partial charge on any atom is 0.0948 e. The monoisotopic (exact) mass is 221 g/mol. The van der Waals surface area contributed by atoms with Crippen LogP contribution in [0.5, 0.6) is 0 Å². The minimum absolute atomic E-state index is 0.475. The summed E-state index contributed by atoms with van der Waals surface area (Å²) >= 11 is 0. The summed E-state index contributed by atoms with van der Waals surface area (Å²) in [4.78, 5) is 4.24. The summed E-state index contributed by atoms with van der Waals surface area (Å²) in [6, 6.07) is 0. The molecule has 90 valence electrons. The molecule has 1 aromatic heterocycles. The molecule has 2 N–H and O–H groups in total. The van der Waals surface area contributed by atoms with Crippen LogP contribution in [0.1, 0.15) is 44.7 Å². The van der Waals surface area contributed by atoms with Gasteiger partial charge in [0.2, 0.25) is 0 Å². The highest BCUT2D eigenvalue weighted by Crippen LogP contribution is 2.37. The van der Waals surface area contributed by atoms with Crippen LogP contribution in [0.15, 0.2) is 12.5 Å². The Morgan fingerprint density at radius 1 is 1.38 bits per heavy atom. The van der Waals surface area contributed by atoms with E-state index in [1.54, 1.807) is 0 Å². The van der Waals surface area contributed by atoms with Crippen molar-refractivity contribution in [1.29, 1.82) is 0 Å². The molecule has 1 aliphatic carbocycles. The smallest absolute Gasteiger partial charge is 0.0948 e. The summed E-state index contributed by atoms with van der Waals surface area (Å²) in [6.07, 6.45) is 11.8. The van der Waals surface area contributed by atoms with Gasteiger partial charge < -0.3 is 10.3 Å². The Bertz CT molecular complexity index is 324. The quantitative estimate of drug-likeness (QED) is 0.848. The molecule has 0 amide bonds.